The van der Waals surface area contributed by atoms with Crippen molar-refractivity contribution in [1.29, 1.82) is 0 Å². The Hall–Kier alpha value is -1.59. The summed E-state index contributed by atoms with van der Waals surface area (Å²) in [4.78, 5) is 9.40. The Balaban J connectivity index is 1.76. The molecule has 0 aromatic heterocycles. The Morgan fingerprint density at radius 3 is 2.57 bits per heavy atom. The highest BCUT2D eigenvalue weighted by molar-refractivity contribution is 5.92. The number of rotatable bonds is 6. The molecule has 5 nitrogen and oxygen atoms in total. The van der Waals surface area contributed by atoms with Crippen LogP contribution in [0.2, 0.25) is 0 Å². The van der Waals surface area contributed by atoms with Crippen LogP contribution in [-0.2, 0) is 0 Å². The fourth-order valence-corrected chi connectivity index (χ4v) is 2.80. The molecule has 0 unspecified atom stereocenters. The number of hydrogen-bond donors (Lipinski definition) is 2. The average Bonchev–Trinajstić information content (AvgIpc) is 2.55. The largest absolute Gasteiger partial charge is 0.370 e. The summed E-state index contributed by atoms with van der Waals surface area (Å²) in [5.74, 6) is 1.01. The molecular formula is C18H31N5. The third-order valence-corrected chi connectivity index (χ3v) is 4.44. The molecule has 1 aliphatic heterocycles. The maximum absolute atomic E-state index is 6.00. The molecule has 0 aliphatic carbocycles. The normalized spacial score (nSPS) is 17.7. The molecule has 1 aliphatic rings. The van der Waals surface area contributed by atoms with Gasteiger partial charge in [0.2, 0.25) is 0 Å². The second-order valence-electron chi connectivity index (χ2n) is 6.45. The van der Waals surface area contributed by atoms with Crippen LogP contribution < -0.4 is 11.1 Å². The van der Waals surface area contributed by atoms with E-state index in [-0.39, 0.29) is 0 Å². The number of nitrogens with zero attached hydrogens (tertiary/aromatic N) is 3. The van der Waals surface area contributed by atoms with Crippen LogP contribution in [0.3, 0.4) is 0 Å². The number of aliphatic imine (C=N–C) groups is 1. The minimum Gasteiger partial charge on any atom is -0.370 e. The van der Waals surface area contributed by atoms with Crippen LogP contribution in [0.4, 0.5) is 5.69 Å². The van der Waals surface area contributed by atoms with Crippen LogP contribution >= 0.6 is 0 Å². The summed E-state index contributed by atoms with van der Waals surface area (Å²) < 4.78 is 0. The van der Waals surface area contributed by atoms with Crippen LogP contribution in [0.1, 0.15) is 32.3 Å². The van der Waals surface area contributed by atoms with E-state index in [0.717, 1.165) is 51.5 Å². The molecule has 23 heavy (non-hydrogen) atoms. The van der Waals surface area contributed by atoms with E-state index in [4.69, 9.17) is 5.73 Å². The molecule has 1 aromatic rings. The lowest BCUT2D eigenvalue weighted by Gasteiger charge is -2.33. The second kappa shape index (κ2) is 8.89. The van der Waals surface area contributed by atoms with Gasteiger partial charge in [-0.1, -0.05) is 32.9 Å². The van der Waals surface area contributed by atoms with Crippen molar-refractivity contribution in [3.8, 4) is 0 Å². The summed E-state index contributed by atoms with van der Waals surface area (Å²) in [7, 11) is 0. The summed E-state index contributed by atoms with van der Waals surface area (Å²) in [5, 5.41) is 3.19. The molecule has 0 radical (unpaired) electrons. The molecule has 0 saturated carbocycles. The van der Waals surface area contributed by atoms with E-state index >= 15 is 0 Å². The van der Waals surface area contributed by atoms with Gasteiger partial charge in [-0.05, 0) is 30.2 Å². The highest BCUT2D eigenvalue weighted by atomic mass is 15.3. The van der Waals surface area contributed by atoms with E-state index < -0.39 is 0 Å². The SMILES string of the molecule is CCN1CCN(CCN=C(N)Nc2cccc(C(C)C)c2)CC1. The summed E-state index contributed by atoms with van der Waals surface area (Å²) in [5.41, 5.74) is 8.31. The Labute approximate surface area is 140 Å². The first-order valence-corrected chi connectivity index (χ1v) is 8.70. The first kappa shape index (κ1) is 17.8. The zero-order valence-corrected chi connectivity index (χ0v) is 14.8. The zero-order valence-electron chi connectivity index (χ0n) is 14.8. The molecule has 1 saturated heterocycles. The first-order valence-electron chi connectivity index (χ1n) is 8.70. The van der Waals surface area contributed by atoms with Crippen LogP contribution in [0.25, 0.3) is 0 Å². The first-order chi connectivity index (χ1) is 11.1. The van der Waals surface area contributed by atoms with Gasteiger partial charge in [0.15, 0.2) is 5.96 Å². The van der Waals surface area contributed by atoms with Crippen LogP contribution in [0, 0.1) is 0 Å². The topological polar surface area (TPSA) is 56.9 Å². The quantitative estimate of drug-likeness (QED) is 0.624. The van der Waals surface area contributed by atoms with Gasteiger partial charge in [-0.2, -0.15) is 0 Å². The van der Waals surface area contributed by atoms with Crippen LogP contribution in [0.15, 0.2) is 29.3 Å². The molecule has 1 fully saturated rings. The average molecular weight is 317 g/mol. The lowest BCUT2D eigenvalue weighted by atomic mass is 10.0. The lowest BCUT2D eigenvalue weighted by molar-refractivity contribution is 0.140. The summed E-state index contributed by atoms with van der Waals surface area (Å²) >= 11 is 0. The van der Waals surface area contributed by atoms with E-state index in [1.165, 1.54) is 5.56 Å². The van der Waals surface area contributed by atoms with Gasteiger partial charge < -0.3 is 16.0 Å². The maximum Gasteiger partial charge on any atom is 0.193 e. The predicted molar refractivity (Wildman–Crippen MR) is 99.2 cm³/mol. The number of nitrogens with one attached hydrogen (secondary N) is 1. The van der Waals surface area contributed by atoms with Gasteiger partial charge in [0.05, 0.1) is 6.54 Å². The molecule has 0 bridgehead atoms. The number of likely N-dealkylation sites (N-methyl/N-ethyl adjacent to an activating group) is 1. The number of piperazine rings is 1. The number of guanidine groups is 1. The highest BCUT2D eigenvalue weighted by Gasteiger charge is 2.14. The Kier molecular flexibility index (Phi) is 6.86. The number of nitrogens with two attached hydrogens (primary N) is 1. The smallest absolute Gasteiger partial charge is 0.193 e. The molecule has 1 heterocycles. The number of benzene rings is 1. The fraction of sp³-hybridized carbons (Fsp3) is 0.611. The van der Waals surface area contributed by atoms with Gasteiger partial charge in [-0.3, -0.25) is 9.89 Å². The van der Waals surface area contributed by atoms with Crippen molar-refractivity contribution < 1.29 is 0 Å². The summed E-state index contributed by atoms with van der Waals surface area (Å²) in [6.07, 6.45) is 0. The predicted octanol–water partition coefficient (Wildman–Crippen LogP) is 2.17. The maximum atomic E-state index is 6.00. The van der Waals surface area contributed by atoms with Crippen LogP contribution in [-0.4, -0.2) is 61.6 Å². The van der Waals surface area contributed by atoms with Crippen molar-refractivity contribution in [3.05, 3.63) is 29.8 Å². The standard InChI is InChI=1S/C18H31N5/c1-4-22-10-12-23(13-11-22)9-8-20-18(19)21-17-7-5-6-16(14-17)15(2)3/h5-7,14-15H,4,8-13H2,1-3H3,(H3,19,20,21). The van der Waals surface area contributed by atoms with Gasteiger partial charge in [-0.25, -0.2) is 0 Å². The minimum absolute atomic E-state index is 0.498. The van der Waals surface area contributed by atoms with Gasteiger partial charge in [0.1, 0.15) is 0 Å². The van der Waals surface area contributed by atoms with Gasteiger partial charge in [-0.15, -0.1) is 0 Å². The fourth-order valence-electron chi connectivity index (χ4n) is 2.80. The molecule has 0 atom stereocenters. The number of anilines is 1. The van der Waals surface area contributed by atoms with Crippen molar-refractivity contribution in [3.63, 3.8) is 0 Å². The third-order valence-electron chi connectivity index (χ3n) is 4.44. The molecule has 3 N–H and O–H groups in total. The molecule has 5 heteroatoms. The Morgan fingerprint density at radius 2 is 1.91 bits per heavy atom. The molecular weight excluding hydrogens is 286 g/mol. The Bertz CT molecular complexity index is 504. The van der Waals surface area contributed by atoms with Gasteiger partial charge in [0.25, 0.3) is 0 Å². The van der Waals surface area contributed by atoms with Crippen LogP contribution in [0.5, 0.6) is 0 Å². The van der Waals surface area contributed by atoms with E-state index in [1.54, 1.807) is 0 Å². The van der Waals surface area contributed by atoms with E-state index in [0.29, 0.717) is 11.9 Å². The monoisotopic (exact) mass is 317 g/mol. The van der Waals surface area contributed by atoms with E-state index in [2.05, 4.69) is 59.1 Å². The molecule has 1 aromatic carbocycles. The lowest BCUT2D eigenvalue weighted by Crippen LogP contribution is -2.46. The van der Waals surface area contributed by atoms with Crippen molar-refractivity contribution in [1.82, 2.24) is 9.80 Å². The summed E-state index contributed by atoms with van der Waals surface area (Å²) in [6, 6.07) is 8.35. The minimum atomic E-state index is 0.498. The molecule has 0 spiro atoms. The molecule has 128 valence electrons. The Morgan fingerprint density at radius 1 is 1.22 bits per heavy atom. The molecule has 0 amide bonds. The molecule has 2 rings (SSSR count). The highest BCUT2D eigenvalue weighted by Crippen LogP contribution is 2.18. The van der Waals surface area contributed by atoms with Gasteiger partial charge >= 0.3 is 0 Å². The van der Waals surface area contributed by atoms with Crippen molar-refractivity contribution in [2.75, 3.05) is 51.1 Å². The summed E-state index contributed by atoms with van der Waals surface area (Å²) in [6.45, 7) is 14.1. The second-order valence-corrected chi connectivity index (χ2v) is 6.45. The van der Waals surface area contributed by atoms with Crippen molar-refractivity contribution >= 4 is 11.6 Å². The van der Waals surface area contributed by atoms with E-state index in [9.17, 15) is 0 Å². The van der Waals surface area contributed by atoms with Crippen molar-refractivity contribution in [2.45, 2.75) is 26.7 Å². The third kappa shape index (κ3) is 5.84. The van der Waals surface area contributed by atoms with E-state index in [1.807, 2.05) is 6.07 Å². The van der Waals surface area contributed by atoms with Gasteiger partial charge in [0, 0.05) is 38.4 Å². The van der Waals surface area contributed by atoms with Crippen molar-refractivity contribution in [2.24, 2.45) is 10.7 Å². The zero-order chi connectivity index (χ0) is 16.7. The number of hydrogen-bond acceptors (Lipinski definition) is 3.